The van der Waals surface area contributed by atoms with Crippen molar-refractivity contribution >= 4 is 31.5 Å². The molecule has 0 spiro atoms. The average molecular weight is 409 g/mol. The molecule has 0 aliphatic heterocycles. The van der Waals surface area contributed by atoms with Crippen LogP contribution in [0.1, 0.15) is 0 Å². The lowest BCUT2D eigenvalue weighted by Crippen LogP contribution is -2.11. The maximum Gasteiger partial charge on any atom is 0.341 e. The smallest absolute Gasteiger partial charge is 0.341 e. The molecule has 2 rings (SSSR count). The lowest BCUT2D eigenvalue weighted by molar-refractivity contribution is -0.385. The zero-order valence-corrected chi connectivity index (χ0v) is 13.4. The number of hydrogen-bond acceptors (Lipinski definition) is 6. The topological polar surface area (TPSA) is 99.4 Å². The summed E-state index contributed by atoms with van der Waals surface area (Å²) in [5.41, 5.74) is -0.758. The Balaban J connectivity index is 2.48. The standard InChI is InChI=1S/C12H7BrF2N2O5S/c13-7-3-8(6-16-5-7)22-11-2-1-9(4-10(11)17(18)19)23(20,21)12(14)15/h1-6,12H. The van der Waals surface area contributed by atoms with E-state index in [0.29, 0.717) is 10.5 Å². The molecule has 0 N–H and O–H groups in total. The number of pyridine rings is 1. The van der Waals surface area contributed by atoms with E-state index in [1.807, 2.05) is 0 Å². The minimum Gasteiger partial charge on any atom is -0.448 e. The van der Waals surface area contributed by atoms with Gasteiger partial charge in [0.2, 0.25) is 15.6 Å². The molecule has 11 heteroatoms. The highest BCUT2D eigenvalue weighted by atomic mass is 79.9. The summed E-state index contributed by atoms with van der Waals surface area (Å²) in [6, 6.07) is 3.76. The van der Waals surface area contributed by atoms with Crippen LogP contribution in [0.25, 0.3) is 0 Å². The second-order valence-electron chi connectivity index (χ2n) is 4.13. The summed E-state index contributed by atoms with van der Waals surface area (Å²) >= 11 is 3.14. The van der Waals surface area contributed by atoms with Crippen molar-refractivity contribution in [1.82, 2.24) is 4.98 Å². The number of nitro groups is 1. The molecule has 23 heavy (non-hydrogen) atoms. The van der Waals surface area contributed by atoms with Crippen molar-refractivity contribution in [3.05, 3.63) is 51.2 Å². The fraction of sp³-hybridized carbons (Fsp3) is 0.0833. The number of aromatic nitrogens is 1. The quantitative estimate of drug-likeness (QED) is 0.553. The van der Waals surface area contributed by atoms with E-state index < -0.39 is 31.1 Å². The largest absolute Gasteiger partial charge is 0.448 e. The fourth-order valence-corrected chi connectivity index (χ4v) is 2.66. The molecule has 1 aromatic heterocycles. The summed E-state index contributed by atoms with van der Waals surface area (Å²) in [4.78, 5) is 13.1. The lowest BCUT2D eigenvalue weighted by atomic mass is 10.3. The van der Waals surface area contributed by atoms with E-state index in [1.165, 1.54) is 18.5 Å². The number of benzene rings is 1. The molecule has 122 valence electrons. The molecule has 2 aromatic rings. The van der Waals surface area contributed by atoms with Crippen molar-refractivity contribution in [2.45, 2.75) is 10.7 Å². The van der Waals surface area contributed by atoms with Gasteiger partial charge in [0, 0.05) is 16.7 Å². The molecular formula is C12H7BrF2N2O5S. The van der Waals surface area contributed by atoms with Crippen LogP contribution in [0.15, 0.2) is 46.0 Å². The monoisotopic (exact) mass is 408 g/mol. The van der Waals surface area contributed by atoms with Crippen molar-refractivity contribution in [2.75, 3.05) is 0 Å². The van der Waals surface area contributed by atoms with Crippen molar-refractivity contribution in [1.29, 1.82) is 0 Å². The number of ether oxygens (including phenoxy) is 1. The van der Waals surface area contributed by atoms with Gasteiger partial charge in [-0.2, -0.15) is 8.78 Å². The van der Waals surface area contributed by atoms with E-state index in [9.17, 15) is 27.3 Å². The number of alkyl halides is 2. The maximum atomic E-state index is 12.5. The normalized spacial score (nSPS) is 11.5. The Morgan fingerprint density at radius 2 is 1.96 bits per heavy atom. The van der Waals surface area contributed by atoms with E-state index in [1.54, 1.807) is 0 Å². The Bertz CT molecular complexity index is 860. The van der Waals surface area contributed by atoms with Crippen molar-refractivity contribution in [3.8, 4) is 11.5 Å². The molecule has 0 saturated heterocycles. The van der Waals surface area contributed by atoms with Gasteiger partial charge >= 0.3 is 11.4 Å². The molecule has 0 aliphatic rings. The third kappa shape index (κ3) is 3.79. The Morgan fingerprint density at radius 1 is 1.26 bits per heavy atom. The fourth-order valence-electron chi connectivity index (χ4n) is 1.58. The van der Waals surface area contributed by atoms with Crippen LogP contribution < -0.4 is 4.74 Å². The highest BCUT2D eigenvalue weighted by Gasteiger charge is 2.29. The summed E-state index contributed by atoms with van der Waals surface area (Å²) in [5, 5.41) is 11.0. The molecule has 0 atom stereocenters. The summed E-state index contributed by atoms with van der Waals surface area (Å²) in [6.07, 6.45) is 2.73. The second kappa shape index (κ2) is 6.54. The van der Waals surface area contributed by atoms with Crippen LogP contribution in [-0.4, -0.2) is 24.1 Å². The van der Waals surface area contributed by atoms with Gasteiger partial charge < -0.3 is 4.74 Å². The zero-order valence-electron chi connectivity index (χ0n) is 11.0. The predicted octanol–water partition coefficient (Wildman–Crippen LogP) is 3.54. The highest BCUT2D eigenvalue weighted by molar-refractivity contribution is 9.10. The summed E-state index contributed by atoms with van der Waals surface area (Å²) < 4.78 is 53.6. The number of nitrogens with zero attached hydrogens (tertiary/aromatic N) is 2. The van der Waals surface area contributed by atoms with Gasteiger partial charge in [0.05, 0.1) is 16.0 Å². The number of hydrogen-bond donors (Lipinski definition) is 0. The first-order valence-corrected chi connectivity index (χ1v) is 8.14. The van der Waals surface area contributed by atoms with Crippen molar-refractivity contribution in [2.24, 2.45) is 0 Å². The van der Waals surface area contributed by atoms with E-state index in [4.69, 9.17) is 4.74 Å². The van der Waals surface area contributed by atoms with Gasteiger partial charge in [-0.05, 0) is 34.1 Å². The van der Waals surface area contributed by atoms with Crippen LogP contribution in [0.3, 0.4) is 0 Å². The first kappa shape index (κ1) is 17.2. The van der Waals surface area contributed by atoms with Crippen LogP contribution in [0.4, 0.5) is 14.5 Å². The van der Waals surface area contributed by atoms with Gasteiger partial charge in [0.1, 0.15) is 5.75 Å². The number of sulfone groups is 1. The van der Waals surface area contributed by atoms with E-state index >= 15 is 0 Å². The Labute approximate surface area is 137 Å². The van der Waals surface area contributed by atoms with Gasteiger partial charge in [0.15, 0.2) is 0 Å². The first-order chi connectivity index (χ1) is 10.7. The Morgan fingerprint density at radius 3 is 2.52 bits per heavy atom. The van der Waals surface area contributed by atoms with Crippen LogP contribution in [0.5, 0.6) is 11.5 Å². The zero-order chi connectivity index (χ0) is 17.2. The Kier molecular flexibility index (Phi) is 4.90. The Hall–Kier alpha value is -2.14. The molecule has 0 fully saturated rings. The minimum atomic E-state index is -4.94. The SMILES string of the molecule is O=[N+]([O-])c1cc(S(=O)(=O)C(F)F)ccc1Oc1cncc(Br)c1. The molecular weight excluding hydrogens is 402 g/mol. The molecule has 0 saturated carbocycles. The third-order valence-corrected chi connectivity index (χ3v) is 4.41. The van der Waals surface area contributed by atoms with Gasteiger partial charge in [-0.3, -0.25) is 15.1 Å². The van der Waals surface area contributed by atoms with Crippen LogP contribution in [0.2, 0.25) is 0 Å². The van der Waals surface area contributed by atoms with Gasteiger partial charge in [0.25, 0.3) is 0 Å². The summed E-state index contributed by atoms with van der Waals surface area (Å²) in [7, 11) is -4.94. The van der Waals surface area contributed by atoms with E-state index in [2.05, 4.69) is 20.9 Å². The second-order valence-corrected chi connectivity index (χ2v) is 6.97. The molecule has 0 bridgehead atoms. The van der Waals surface area contributed by atoms with Gasteiger partial charge in [-0.25, -0.2) is 8.42 Å². The maximum absolute atomic E-state index is 12.5. The first-order valence-electron chi connectivity index (χ1n) is 5.80. The van der Waals surface area contributed by atoms with E-state index in [-0.39, 0.29) is 11.5 Å². The average Bonchev–Trinajstić information content (AvgIpc) is 2.47. The van der Waals surface area contributed by atoms with Crippen molar-refractivity contribution < 1.29 is 26.9 Å². The molecule has 0 amide bonds. The predicted molar refractivity (Wildman–Crippen MR) is 78.3 cm³/mol. The molecule has 7 nitrogen and oxygen atoms in total. The molecule has 1 heterocycles. The van der Waals surface area contributed by atoms with Crippen LogP contribution >= 0.6 is 15.9 Å². The minimum absolute atomic E-state index is 0.145. The van der Waals surface area contributed by atoms with Gasteiger partial charge in [-0.1, -0.05) is 0 Å². The molecule has 0 unspecified atom stereocenters. The molecule has 0 radical (unpaired) electrons. The number of halogens is 3. The van der Waals surface area contributed by atoms with Crippen LogP contribution in [-0.2, 0) is 9.84 Å². The highest BCUT2D eigenvalue weighted by Crippen LogP contribution is 2.34. The molecule has 1 aromatic carbocycles. The third-order valence-electron chi connectivity index (χ3n) is 2.60. The lowest BCUT2D eigenvalue weighted by Gasteiger charge is -2.08. The van der Waals surface area contributed by atoms with Gasteiger partial charge in [-0.15, -0.1) is 0 Å². The summed E-state index contributed by atoms with van der Waals surface area (Å²) in [5.74, 6) is -3.83. The molecule has 0 aliphatic carbocycles. The number of rotatable bonds is 5. The number of nitro benzene ring substituents is 1. The van der Waals surface area contributed by atoms with Crippen LogP contribution in [0, 0.1) is 10.1 Å². The summed E-state index contributed by atoms with van der Waals surface area (Å²) in [6.45, 7) is 0. The van der Waals surface area contributed by atoms with Crippen molar-refractivity contribution in [3.63, 3.8) is 0 Å². The van der Waals surface area contributed by atoms with E-state index in [0.717, 1.165) is 12.1 Å².